The molecule has 0 unspecified atom stereocenters. The molecule has 0 bridgehead atoms. The summed E-state index contributed by atoms with van der Waals surface area (Å²) in [6.45, 7) is 4.59. The van der Waals surface area contributed by atoms with E-state index >= 15 is 0 Å². The van der Waals surface area contributed by atoms with Crippen LogP contribution in [0.25, 0.3) is 0 Å². The van der Waals surface area contributed by atoms with Gasteiger partial charge in [-0.1, -0.05) is 49.7 Å². The molecule has 1 aromatic rings. The number of hydrogen-bond donors (Lipinski definition) is 0. The topological polar surface area (TPSA) is 34.1 Å². The largest absolute Gasteiger partial charge is 0.299 e. The summed E-state index contributed by atoms with van der Waals surface area (Å²) in [5.41, 5.74) is 3.48. The Morgan fingerprint density at radius 1 is 1.00 bits per heavy atom. The van der Waals surface area contributed by atoms with Crippen molar-refractivity contribution < 1.29 is 9.59 Å². The lowest BCUT2D eigenvalue weighted by Crippen LogP contribution is -2.50. The molecule has 3 heteroatoms. The number of carbonyl (C=O) groups excluding carboxylic acids is 2. The Morgan fingerprint density at radius 3 is 2.55 bits per heavy atom. The van der Waals surface area contributed by atoms with Crippen LogP contribution in [0.2, 0.25) is 5.02 Å². The summed E-state index contributed by atoms with van der Waals surface area (Å²) >= 11 is 6.49. The van der Waals surface area contributed by atoms with Crippen molar-refractivity contribution in [3.8, 4) is 0 Å². The van der Waals surface area contributed by atoms with Gasteiger partial charge in [0.05, 0.1) is 0 Å². The van der Waals surface area contributed by atoms with E-state index in [0.717, 1.165) is 49.1 Å². The van der Waals surface area contributed by atoms with Gasteiger partial charge in [0, 0.05) is 23.3 Å². The van der Waals surface area contributed by atoms with Crippen molar-refractivity contribution in [2.45, 2.75) is 58.8 Å². The zero-order valence-electron chi connectivity index (χ0n) is 17.3. The minimum atomic E-state index is -0.158. The highest BCUT2D eigenvalue weighted by Gasteiger charge is 2.58. The van der Waals surface area contributed by atoms with Crippen molar-refractivity contribution in [3.63, 3.8) is 0 Å². The first-order chi connectivity index (χ1) is 13.8. The molecular weight excluding hydrogens is 380 g/mol. The Balaban J connectivity index is 1.63. The second-order valence-electron chi connectivity index (χ2n) is 10.1. The minimum absolute atomic E-state index is 0.0247. The fourth-order valence-electron chi connectivity index (χ4n) is 7.03. The monoisotopic (exact) mass is 408 g/mol. The molecule has 2 fully saturated rings. The molecule has 4 aliphatic carbocycles. The van der Waals surface area contributed by atoms with Gasteiger partial charge in [-0.05, 0) is 84.1 Å². The molecule has 29 heavy (non-hydrogen) atoms. The molecular formula is C26H29ClO2. The predicted octanol–water partition coefficient (Wildman–Crippen LogP) is 6.13. The Bertz CT molecular complexity index is 957. The highest BCUT2D eigenvalue weighted by Crippen LogP contribution is 2.64. The van der Waals surface area contributed by atoms with Crippen LogP contribution >= 0.6 is 11.6 Å². The number of fused-ring (bicyclic) bond motifs is 5. The molecule has 0 saturated heterocycles. The average Bonchev–Trinajstić information content (AvgIpc) is 3.00. The lowest BCUT2D eigenvalue weighted by Gasteiger charge is -2.55. The van der Waals surface area contributed by atoms with Crippen LogP contribution in [0.3, 0.4) is 0 Å². The van der Waals surface area contributed by atoms with Crippen molar-refractivity contribution in [1.29, 1.82) is 0 Å². The van der Waals surface area contributed by atoms with Crippen LogP contribution in [0.1, 0.15) is 57.9 Å². The highest BCUT2D eigenvalue weighted by atomic mass is 35.5. The van der Waals surface area contributed by atoms with E-state index in [4.69, 9.17) is 11.6 Å². The lowest BCUT2D eigenvalue weighted by molar-refractivity contribution is -0.130. The van der Waals surface area contributed by atoms with Crippen LogP contribution in [-0.2, 0) is 16.0 Å². The molecule has 5 rings (SSSR count). The van der Waals surface area contributed by atoms with Crippen LogP contribution in [-0.4, -0.2) is 11.6 Å². The fourth-order valence-corrected chi connectivity index (χ4v) is 7.23. The average molecular weight is 409 g/mol. The number of ketones is 2. The maximum absolute atomic E-state index is 12.7. The van der Waals surface area contributed by atoms with Gasteiger partial charge in [0.2, 0.25) is 0 Å². The van der Waals surface area contributed by atoms with Gasteiger partial charge in [0.25, 0.3) is 0 Å². The first kappa shape index (κ1) is 19.3. The van der Waals surface area contributed by atoms with Crippen molar-refractivity contribution in [2.24, 2.45) is 28.6 Å². The smallest absolute Gasteiger partial charge is 0.156 e. The summed E-state index contributed by atoms with van der Waals surface area (Å²) in [6.07, 6.45) is 10.5. The number of Topliss-reactive ketones (excluding diaryl/α,β-unsaturated/α-hetero) is 1. The third kappa shape index (κ3) is 2.82. The summed E-state index contributed by atoms with van der Waals surface area (Å²) in [7, 11) is 0. The zero-order chi connectivity index (χ0) is 20.4. The van der Waals surface area contributed by atoms with Gasteiger partial charge in [-0.2, -0.15) is 0 Å². The van der Waals surface area contributed by atoms with E-state index in [2.05, 4.69) is 26.0 Å². The molecule has 4 aliphatic rings. The van der Waals surface area contributed by atoms with Crippen LogP contribution in [0.15, 0.2) is 47.6 Å². The van der Waals surface area contributed by atoms with Gasteiger partial charge < -0.3 is 0 Å². The fraction of sp³-hybridized carbons (Fsp3) is 0.538. The Labute approximate surface area is 178 Å². The number of hydrogen-bond acceptors (Lipinski definition) is 2. The van der Waals surface area contributed by atoms with Crippen molar-refractivity contribution in [1.82, 2.24) is 0 Å². The third-order valence-electron chi connectivity index (χ3n) is 8.75. The molecule has 0 heterocycles. The lowest BCUT2D eigenvalue weighted by atomic mass is 9.48. The van der Waals surface area contributed by atoms with Gasteiger partial charge in [0.1, 0.15) is 5.78 Å². The SMILES string of the molecule is C[C@]12CCC(=O)C=C1C(Cc1ccccc1Cl)=C[C@@H]1[C@@H]2CC[C@]2(C)C(=O)CC[C@@H]12. The van der Waals surface area contributed by atoms with E-state index in [9.17, 15) is 9.59 Å². The molecule has 0 aliphatic heterocycles. The minimum Gasteiger partial charge on any atom is -0.299 e. The van der Waals surface area contributed by atoms with E-state index in [1.165, 1.54) is 11.1 Å². The normalized spacial score (nSPS) is 38.7. The van der Waals surface area contributed by atoms with Crippen molar-refractivity contribution in [3.05, 3.63) is 58.1 Å². The molecule has 2 nitrogen and oxygen atoms in total. The summed E-state index contributed by atoms with van der Waals surface area (Å²) in [4.78, 5) is 25.1. The predicted molar refractivity (Wildman–Crippen MR) is 116 cm³/mol. The molecule has 5 atom stereocenters. The number of rotatable bonds is 2. The van der Waals surface area contributed by atoms with Crippen LogP contribution in [0.4, 0.5) is 0 Å². The summed E-state index contributed by atoms with van der Waals surface area (Å²) in [6, 6.07) is 8.01. The molecule has 0 radical (unpaired) electrons. The third-order valence-corrected chi connectivity index (χ3v) is 9.12. The van der Waals surface area contributed by atoms with E-state index in [-0.39, 0.29) is 16.6 Å². The molecule has 2 saturated carbocycles. The summed E-state index contributed by atoms with van der Waals surface area (Å²) in [5.74, 6) is 2.10. The van der Waals surface area contributed by atoms with Gasteiger partial charge in [-0.25, -0.2) is 0 Å². The van der Waals surface area contributed by atoms with Crippen LogP contribution in [0, 0.1) is 28.6 Å². The second kappa shape index (κ2) is 6.67. The quantitative estimate of drug-likeness (QED) is 0.589. The second-order valence-corrected chi connectivity index (χ2v) is 10.5. The number of allylic oxidation sites excluding steroid dienone is 4. The number of carbonyl (C=O) groups is 2. The Morgan fingerprint density at radius 2 is 1.76 bits per heavy atom. The standard InChI is InChI=1S/C26H29ClO2/c1-25-11-9-18(28)15-22(25)17(13-16-5-3-4-6-23(16)27)14-19-20-7-8-24(29)26(20,2)12-10-21(19)25/h3-6,14-15,19-21H,7-13H2,1-2H3/t19-,20-,21-,25+,26-/m0/s1. The molecule has 0 spiro atoms. The number of benzene rings is 1. The van der Waals surface area contributed by atoms with Crippen molar-refractivity contribution >= 4 is 23.2 Å². The zero-order valence-corrected chi connectivity index (χ0v) is 18.1. The van der Waals surface area contributed by atoms with Crippen LogP contribution < -0.4 is 0 Å². The van der Waals surface area contributed by atoms with Gasteiger partial charge >= 0.3 is 0 Å². The van der Waals surface area contributed by atoms with E-state index < -0.39 is 0 Å². The Kier molecular flexibility index (Phi) is 4.44. The van der Waals surface area contributed by atoms with Gasteiger partial charge in [-0.15, -0.1) is 0 Å². The molecule has 1 aromatic carbocycles. The Hall–Kier alpha value is -1.67. The maximum Gasteiger partial charge on any atom is 0.156 e. The maximum atomic E-state index is 12.7. The van der Waals surface area contributed by atoms with Crippen LogP contribution in [0.5, 0.6) is 0 Å². The first-order valence-corrected chi connectivity index (χ1v) is 11.4. The highest BCUT2D eigenvalue weighted by molar-refractivity contribution is 6.31. The van der Waals surface area contributed by atoms with E-state index in [0.29, 0.717) is 30.0 Å². The number of halogens is 1. The first-order valence-electron chi connectivity index (χ1n) is 11.1. The van der Waals surface area contributed by atoms with E-state index in [1.54, 1.807) is 0 Å². The summed E-state index contributed by atoms with van der Waals surface area (Å²) < 4.78 is 0. The molecule has 0 amide bonds. The summed E-state index contributed by atoms with van der Waals surface area (Å²) in [5, 5.41) is 0.782. The molecule has 0 N–H and O–H groups in total. The molecule has 152 valence electrons. The van der Waals surface area contributed by atoms with Gasteiger partial charge in [0.15, 0.2) is 5.78 Å². The van der Waals surface area contributed by atoms with E-state index in [1.807, 2.05) is 24.3 Å². The molecule has 0 aromatic heterocycles. The van der Waals surface area contributed by atoms with Gasteiger partial charge in [-0.3, -0.25) is 9.59 Å². The van der Waals surface area contributed by atoms with Crippen molar-refractivity contribution in [2.75, 3.05) is 0 Å².